The highest BCUT2D eigenvalue weighted by molar-refractivity contribution is 5.84. The minimum absolute atomic E-state index is 0.0200. The van der Waals surface area contributed by atoms with Crippen molar-refractivity contribution in [1.82, 2.24) is 15.1 Å². The number of furan rings is 1. The fourth-order valence-electron chi connectivity index (χ4n) is 1.49. The van der Waals surface area contributed by atoms with Crippen molar-refractivity contribution in [2.45, 2.75) is 13.5 Å². The lowest BCUT2D eigenvalue weighted by Crippen LogP contribution is -2.44. The van der Waals surface area contributed by atoms with Gasteiger partial charge in [0, 0.05) is 20.6 Å². The van der Waals surface area contributed by atoms with Gasteiger partial charge in [-0.15, -0.1) is 0 Å². The van der Waals surface area contributed by atoms with Gasteiger partial charge < -0.3 is 24.6 Å². The maximum absolute atomic E-state index is 11.9. The second-order valence-electron chi connectivity index (χ2n) is 4.53. The van der Waals surface area contributed by atoms with Gasteiger partial charge in [-0.2, -0.15) is 0 Å². The summed E-state index contributed by atoms with van der Waals surface area (Å²) in [6.07, 6.45) is 0. The average Bonchev–Trinajstić information content (AvgIpc) is 2.90. The third kappa shape index (κ3) is 4.83. The Morgan fingerprint density at radius 1 is 1.29 bits per heavy atom. The van der Waals surface area contributed by atoms with Gasteiger partial charge in [0.2, 0.25) is 11.7 Å². The van der Waals surface area contributed by atoms with Crippen LogP contribution in [0.5, 0.6) is 0 Å². The summed E-state index contributed by atoms with van der Waals surface area (Å²) in [6, 6.07) is 2.38. The van der Waals surface area contributed by atoms with E-state index in [0.29, 0.717) is 12.3 Å². The van der Waals surface area contributed by atoms with Crippen molar-refractivity contribution in [2.24, 2.45) is 0 Å². The van der Waals surface area contributed by atoms with E-state index >= 15 is 0 Å². The molecule has 116 valence electrons. The molecule has 0 aliphatic rings. The summed E-state index contributed by atoms with van der Waals surface area (Å²) in [5.74, 6) is -1.21. The third-order valence-corrected chi connectivity index (χ3v) is 2.78. The zero-order valence-electron chi connectivity index (χ0n) is 12.3. The Balaban J connectivity index is 2.54. The van der Waals surface area contributed by atoms with E-state index in [0.717, 1.165) is 0 Å². The molecular formula is C13H19N3O5. The largest absolute Gasteiger partial charge is 0.475 e. The molecule has 0 bridgehead atoms. The predicted octanol–water partition coefficient (Wildman–Crippen LogP) is 0.597. The minimum atomic E-state index is -1.17. The second kappa shape index (κ2) is 7.32. The minimum Gasteiger partial charge on any atom is -0.475 e. The number of carbonyl (C=O) groups excluding carboxylic acids is 2. The summed E-state index contributed by atoms with van der Waals surface area (Å²) in [5, 5.41) is 11.3. The van der Waals surface area contributed by atoms with Crippen LogP contribution in [-0.4, -0.2) is 60.0 Å². The van der Waals surface area contributed by atoms with E-state index in [2.05, 4.69) is 5.32 Å². The number of nitrogens with zero attached hydrogens (tertiary/aromatic N) is 2. The number of carboxylic acids is 1. The van der Waals surface area contributed by atoms with E-state index < -0.39 is 12.0 Å². The lowest BCUT2D eigenvalue weighted by molar-refractivity contribution is -0.129. The molecule has 1 rings (SSSR count). The Kier molecular flexibility index (Phi) is 5.77. The van der Waals surface area contributed by atoms with Crippen LogP contribution in [0.15, 0.2) is 16.5 Å². The molecule has 8 heteroatoms. The van der Waals surface area contributed by atoms with Gasteiger partial charge in [0.15, 0.2) is 0 Å². The first-order valence-corrected chi connectivity index (χ1v) is 6.40. The second-order valence-corrected chi connectivity index (χ2v) is 4.53. The van der Waals surface area contributed by atoms with Crippen molar-refractivity contribution in [1.29, 1.82) is 0 Å². The van der Waals surface area contributed by atoms with Crippen LogP contribution in [0.2, 0.25) is 0 Å². The number of rotatable bonds is 6. The van der Waals surface area contributed by atoms with Gasteiger partial charge in [-0.1, -0.05) is 0 Å². The fourth-order valence-corrected chi connectivity index (χ4v) is 1.49. The number of aromatic carboxylic acids is 1. The molecule has 0 aromatic carbocycles. The summed E-state index contributed by atoms with van der Waals surface area (Å²) < 4.78 is 5.02. The Labute approximate surface area is 122 Å². The first-order chi connectivity index (χ1) is 9.85. The molecule has 0 aliphatic heterocycles. The van der Waals surface area contributed by atoms with Gasteiger partial charge >= 0.3 is 12.0 Å². The highest BCUT2D eigenvalue weighted by Gasteiger charge is 2.17. The normalized spacial score (nSPS) is 10.0. The quantitative estimate of drug-likeness (QED) is 0.800. The van der Waals surface area contributed by atoms with Gasteiger partial charge in [-0.25, -0.2) is 9.59 Å². The highest BCUT2D eigenvalue weighted by atomic mass is 16.4. The predicted molar refractivity (Wildman–Crippen MR) is 73.8 cm³/mol. The fraction of sp³-hybridized carbons (Fsp3) is 0.462. The smallest absolute Gasteiger partial charge is 0.371 e. The van der Waals surface area contributed by atoms with E-state index in [1.54, 1.807) is 21.0 Å². The first-order valence-electron chi connectivity index (χ1n) is 6.40. The number of carboxylic acid groups (broad SMARTS) is 1. The number of hydrogen-bond acceptors (Lipinski definition) is 4. The number of urea groups is 1. The maximum Gasteiger partial charge on any atom is 0.371 e. The standard InChI is InChI=1S/C13H19N3O5/c1-4-16(8-11(17)15(2)3)13(20)14-7-9-5-6-10(21-9)12(18)19/h5-6H,4,7-8H2,1-3H3,(H,14,20)(H,18,19). The van der Waals surface area contributed by atoms with Crippen LogP contribution >= 0.6 is 0 Å². The number of amides is 3. The zero-order valence-corrected chi connectivity index (χ0v) is 12.3. The van der Waals surface area contributed by atoms with Crippen molar-refractivity contribution < 1.29 is 23.9 Å². The molecule has 0 spiro atoms. The molecule has 3 amide bonds. The van der Waals surface area contributed by atoms with Crippen LogP contribution in [0.3, 0.4) is 0 Å². The number of nitrogens with one attached hydrogen (secondary N) is 1. The Morgan fingerprint density at radius 2 is 1.95 bits per heavy atom. The molecule has 1 aromatic rings. The highest BCUT2D eigenvalue weighted by Crippen LogP contribution is 2.07. The lowest BCUT2D eigenvalue weighted by Gasteiger charge is -2.22. The van der Waals surface area contributed by atoms with Gasteiger partial charge in [0.25, 0.3) is 0 Å². The van der Waals surface area contributed by atoms with Gasteiger partial charge in [0.1, 0.15) is 12.3 Å². The SMILES string of the molecule is CCN(CC(=O)N(C)C)C(=O)NCc1ccc(C(=O)O)o1. The molecule has 8 nitrogen and oxygen atoms in total. The molecule has 0 radical (unpaired) electrons. The van der Waals surface area contributed by atoms with Crippen molar-refractivity contribution in [2.75, 3.05) is 27.2 Å². The summed E-state index contributed by atoms with van der Waals surface area (Å²) >= 11 is 0. The molecule has 0 unspecified atom stereocenters. The van der Waals surface area contributed by atoms with Crippen molar-refractivity contribution in [3.8, 4) is 0 Å². The Hall–Kier alpha value is -2.51. The molecule has 0 fully saturated rings. The van der Waals surface area contributed by atoms with Crippen molar-refractivity contribution in [3.05, 3.63) is 23.7 Å². The lowest BCUT2D eigenvalue weighted by atomic mass is 10.4. The van der Waals surface area contributed by atoms with Gasteiger partial charge in [0.05, 0.1) is 6.54 Å². The summed E-state index contributed by atoms with van der Waals surface area (Å²) in [6.45, 7) is 2.18. The van der Waals surface area contributed by atoms with Crippen LogP contribution in [0, 0.1) is 0 Å². The summed E-state index contributed by atoms with van der Waals surface area (Å²) in [5.41, 5.74) is 0. The van der Waals surface area contributed by atoms with Crippen LogP contribution in [-0.2, 0) is 11.3 Å². The molecule has 0 saturated carbocycles. The van der Waals surface area contributed by atoms with E-state index in [-0.39, 0.29) is 24.8 Å². The molecule has 1 aromatic heterocycles. The third-order valence-electron chi connectivity index (χ3n) is 2.78. The molecule has 0 saturated heterocycles. The molecular weight excluding hydrogens is 278 g/mol. The number of carbonyl (C=O) groups is 3. The summed E-state index contributed by atoms with van der Waals surface area (Å²) in [4.78, 5) is 36.9. The molecule has 0 aliphatic carbocycles. The molecule has 21 heavy (non-hydrogen) atoms. The molecule has 0 atom stereocenters. The van der Waals surface area contributed by atoms with Crippen LogP contribution in [0.4, 0.5) is 4.79 Å². The topological polar surface area (TPSA) is 103 Å². The number of likely N-dealkylation sites (N-methyl/N-ethyl adjacent to an activating group) is 2. The maximum atomic E-state index is 11.9. The Morgan fingerprint density at radius 3 is 2.43 bits per heavy atom. The first kappa shape index (κ1) is 16.5. The number of hydrogen-bond donors (Lipinski definition) is 2. The van der Waals surface area contributed by atoms with E-state index in [9.17, 15) is 14.4 Å². The average molecular weight is 297 g/mol. The van der Waals surface area contributed by atoms with Gasteiger partial charge in [-0.05, 0) is 19.1 Å². The zero-order chi connectivity index (χ0) is 16.0. The van der Waals surface area contributed by atoms with E-state index in [1.807, 2.05) is 0 Å². The van der Waals surface area contributed by atoms with Crippen LogP contribution in [0.1, 0.15) is 23.2 Å². The molecule has 1 heterocycles. The van der Waals surface area contributed by atoms with E-state index in [4.69, 9.17) is 9.52 Å². The Bertz CT molecular complexity index is 524. The molecule has 2 N–H and O–H groups in total. The summed E-state index contributed by atoms with van der Waals surface area (Å²) in [7, 11) is 3.23. The van der Waals surface area contributed by atoms with Crippen molar-refractivity contribution >= 4 is 17.9 Å². The van der Waals surface area contributed by atoms with Crippen LogP contribution in [0.25, 0.3) is 0 Å². The van der Waals surface area contributed by atoms with Crippen molar-refractivity contribution in [3.63, 3.8) is 0 Å². The van der Waals surface area contributed by atoms with Gasteiger partial charge in [-0.3, -0.25) is 4.79 Å². The monoisotopic (exact) mass is 297 g/mol. The van der Waals surface area contributed by atoms with E-state index in [1.165, 1.54) is 21.9 Å². The van der Waals surface area contributed by atoms with Crippen LogP contribution < -0.4 is 5.32 Å².